The van der Waals surface area contributed by atoms with Crippen molar-refractivity contribution >= 4 is 46.3 Å². The van der Waals surface area contributed by atoms with Crippen molar-refractivity contribution in [2.24, 2.45) is 0 Å². The molecule has 544 valence electrons. The number of hydrogen-bond acceptors (Lipinski definition) is 4. The fourth-order valence-corrected chi connectivity index (χ4v) is 18.8. The largest absolute Gasteiger partial charge is 0.457 e. The summed E-state index contributed by atoms with van der Waals surface area (Å²) in [7, 11) is 0. The molecule has 0 bridgehead atoms. The third-order valence-electron chi connectivity index (χ3n) is 23.3. The fraction of sp³-hybridized carbons (Fsp3) is 0.111. The van der Waals surface area contributed by atoms with Crippen LogP contribution in [0.4, 0.5) is 69.2 Å². The van der Waals surface area contributed by atoms with Crippen molar-refractivity contribution in [3.8, 4) is 45.3 Å². The average molecular weight is 1470 g/mol. The van der Waals surface area contributed by atoms with Gasteiger partial charge in [0.05, 0.1) is 10.8 Å². The van der Waals surface area contributed by atoms with Gasteiger partial charge in [-0.3, -0.25) is 0 Å². The Morgan fingerprint density at radius 2 is 0.604 bits per heavy atom. The van der Waals surface area contributed by atoms with Crippen LogP contribution in [0.25, 0.3) is 34.4 Å². The van der Waals surface area contributed by atoms with Crippen LogP contribution in [0.1, 0.15) is 118 Å². The normalized spacial score (nSPS) is 17.6. The highest BCUT2D eigenvalue weighted by atomic mass is 19.2. The van der Waals surface area contributed by atoms with Gasteiger partial charge >= 0.3 is 0 Å². The maximum absolute atomic E-state index is 17.4. The molecule has 0 radical (unpaired) electrons. The molecule has 2 unspecified atom stereocenters. The second-order valence-corrected chi connectivity index (χ2v) is 30.6. The third-order valence-corrected chi connectivity index (χ3v) is 23.3. The Bertz CT molecular complexity index is 5740. The standard InChI is InChI=1S/C99H70F8N2O2/c1-7-59-17-37-73(38-18-59)110-75-41-21-61(22-42-75)98(89-49-65(102)51-91(104)93(89)106)81-15-11-9-13-77(81)79-45-33-69(53-85(79)98)108(67-29-25-63(100)26-30-67)71-35-47-83-87(55-71)97(57-95(83,3)4)58-96(5,6)84-48-36-72(56-88(84)97)109(68-31-27-64(101)28-32-68)70-34-46-80-78-14-10-12-16-82(78)99(86(80)54-70,90-50-66(103)52-92(105)94(90)107)62-23-43-76(44-24-62)111-74-39-19-60(8-2)20-40-74/h7-56H,1-2,57-58H2,3-6H3. The molecule has 4 nitrogen and oxygen atoms in total. The topological polar surface area (TPSA) is 24.9 Å². The van der Waals surface area contributed by atoms with Crippen molar-refractivity contribution < 1.29 is 44.6 Å². The maximum atomic E-state index is 17.4. The van der Waals surface area contributed by atoms with Crippen LogP contribution < -0.4 is 19.3 Å². The van der Waals surface area contributed by atoms with E-state index in [0.29, 0.717) is 127 Å². The molecule has 18 rings (SSSR count). The molecule has 111 heavy (non-hydrogen) atoms. The molecule has 1 spiro atoms. The highest BCUT2D eigenvalue weighted by molar-refractivity contribution is 5.92. The lowest BCUT2D eigenvalue weighted by molar-refractivity contribution is 0.349. The average Bonchev–Trinajstić information content (AvgIpc) is 1.54. The van der Waals surface area contributed by atoms with Crippen molar-refractivity contribution in [2.75, 3.05) is 9.80 Å². The van der Waals surface area contributed by atoms with E-state index in [1.54, 1.807) is 84.9 Å². The van der Waals surface area contributed by atoms with Gasteiger partial charge in [-0.25, -0.2) is 35.1 Å². The molecular formula is C99H70F8N2O2. The Kier molecular flexibility index (Phi) is 16.5. The summed E-state index contributed by atoms with van der Waals surface area (Å²) in [6, 6.07) is 84.5. The Morgan fingerprint density at radius 1 is 0.288 bits per heavy atom. The first kappa shape index (κ1) is 69.9. The lowest BCUT2D eigenvalue weighted by Crippen LogP contribution is -2.30. The van der Waals surface area contributed by atoms with Gasteiger partial charge in [-0.1, -0.05) is 174 Å². The molecule has 0 saturated carbocycles. The Balaban J connectivity index is 0.800. The van der Waals surface area contributed by atoms with Gasteiger partial charge in [0, 0.05) is 62.8 Å². The van der Waals surface area contributed by atoms with Crippen LogP contribution in [0.15, 0.2) is 304 Å². The van der Waals surface area contributed by atoms with Crippen LogP contribution in [0.2, 0.25) is 0 Å². The van der Waals surface area contributed by atoms with E-state index in [1.165, 1.54) is 24.3 Å². The SMILES string of the molecule is C=Cc1ccc(Oc2ccc(C3(c4cc(F)cc(F)c4F)c4ccccc4-c4ccc(N(c5ccc(F)cc5)c5ccc6c(c5)C5(CC6(C)C)CC(C)(C)c6ccc(N(c7ccc(F)cc7)c7ccc8c(c7)C(c7ccc(Oc9ccc(C=C)cc9)cc7)(c7cc(F)cc(F)c7F)c7ccccc7-8)cc65)cc43)cc2)cc1. The summed E-state index contributed by atoms with van der Waals surface area (Å²) in [5.74, 6) is -5.92. The fourth-order valence-electron chi connectivity index (χ4n) is 18.8. The van der Waals surface area contributed by atoms with Crippen molar-refractivity contribution in [2.45, 2.75) is 67.6 Å². The number of rotatable bonds is 16. The summed E-state index contributed by atoms with van der Waals surface area (Å²) in [5.41, 5.74) is 10.7. The molecule has 0 heterocycles. The monoisotopic (exact) mass is 1470 g/mol. The lowest BCUT2D eigenvalue weighted by atomic mass is 9.67. The van der Waals surface area contributed by atoms with Crippen LogP contribution in [-0.2, 0) is 27.1 Å². The Labute approximate surface area is 638 Å². The molecule has 0 N–H and O–H groups in total. The van der Waals surface area contributed by atoms with E-state index < -0.39 is 73.6 Å². The molecular weight excluding hydrogens is 1400 g/mol. The van der Waals surface area contributed by atoms with Gasteiger partial charge < -0.3 is 19.3 Å². The first-order valence-electron chi connectivity index (χ1n) is 36.8. The van der Waals surface area contributed by atoms with Gasteiger partial charge in [-0.2, -0.15) is 0 Å². The molecule has 2 atom stereocenters. The molecule has 14 aromatic carbocycles. The van der Waals surface area contributed by atoms with Crippen LogP contribution in [-0.4, -0.2) is 0 Å². The molecule has 0 amide bonds. The molecule has 0 aliphatic heterocycles. The van der Waals surface area contributed by atoms with E-state index in [0.717, 1.165) is 56.6 Å². The zero-order valence-electron chi connectivity index (χ0n) is 60.9. The zero-order chi connectivity index (χ0) is 76.6. The molecule has 0 saturated heterocycles. The minimum absolute atomic E-state index is 0.238. The summed E-state index contributed by atoms with van der Waals surface area (Å²) in [5, 5.41) is 0. The second-order valence-electron chi connectivity index (χ2n) is 30.6. The van der Waals surface area contributed by atoms with Crippen molar-refractivity contribution in [1.82, 2.24) is 0 Å². The summed E-state index contributed by atoms with van der Waals surface area (Å²) >= 11 is 0. The highest BCUT2D eigenvalue weighted by Crippen LogP contribution is 2.66. The smallest absolute Gasteiger partial charge is 0.163 e. The number of nitrogens with zero attached hydrogens (tertiary/aromatic N) is 2. The zero-order valence-corrected chi connectivity index (χ0v) is 60.9. The van der Waals surface area contributed by atoms with Crippen molar-refractivity contribution in [1.29, 1.82) is 0 Å². The van der Waals surface area contributed by atoms with Crippen LogP contribution in [0, 0.1) is 46.5 Å². The summed E-state index contributed by atoms with van der Waals surface area (Å²) in [6.07, 6.45) is 4.82. The van der Waals surface area contributed by atoms with Crippen molar-refractivity contribution in [3.05, 3.63) is 429 Å². The summed E-state index contributed by atoms with van der Waals surface area (Å²) in [6.45, 7) is 16.8. The number of anilines is 6. The molecule has 0 fully saturated rings. The molecule has 4 aliphatic carbocycles. The molecule has 14 aromatic rings. The van der Waals surface area contributed by atoms with Crippen LogP contribution >= 0.6 is 0 Å². The van der Waals surface area contributed by atoms with Gasteiger partial charge in [-0.05, 0) is 270 Å². The first-order chi connectivity index (χ1) is 53.6. The van der Waals surface area contributed by atoms with E-state index in [2.05, 4.69) is 77.3 Å². The van der Waals surface area contributed by atoms with Crippen molar-refractivity contribution in [3.63, 3.8) is 0 Å². The second kappa shape index (κ2) is 26.2. The number of hydrogen-bond donors (Lipinski definition) is 0. The molecule has 12 heteroatoms. The molecule has 4 aliphatic rings. The maximum Gasteiger partial charge on any atom is 0.163 e. The van der Waals surface area contributed by atoms with Crippen LogP contribution in [0.3, 0.4) is 0 Å². The van der Waals surface area contributed by atoms with E-state index in [1.807, 2.05) is 143 Å². The Morgan fingerprint density at radius 3 is 0.964 bits per heavy atom. The van der Waals surface area contributed by atoms with E-state index in [9.17, 15) is 0 Å². The quantitative estimate of drug-likeness (QED) is 0.0711. The van der Waals surface area contributed by atoms with Gasteiger partial charge in [0.15, 0.2) is 23.3 Å². The van der Waals surface area contributed by atoms with Gasteiger partial charge in [0.25, 0.3) is 0 Å². The van der Waals surface area contributed by atoms with E-state index in [-0.39, 0.29) is 11.1 Å². The van der Waals surface area contributed by atoms with E-state index >= 15 is 35.1 Å². The van der Waals surface area contributed by atoms with Crippen LogP contribution in [0.5, 0.6) is 23.0 Å². The Hall–Kier alpha value is -12.8. The van der Waals surface area contributed by atoms with Gasteiger partial charge in [0.2, 0.25) is 0 Å². The summed E-state index contributed by atoms with van der Waals surface area (Å²) < 4.78 is 143. The predicted octanol–water partition coefficient (Wildman–Crippen LogP) is 27.0. The number of ether oxygens (including phenoxy) is 2. The molecule has 0 aromatic heterocycles. The van der Waals surface area contributed by atoms with E-state index in [4.69, 9.17) is 9.47 Å². The number of halogens is 8. The third kappa shape index (κ3) is 11.1. The highest BCUT2D eigenvalue weighted by Gasteiger charge is 2.57. The first-order valence-corrected chi connectivity index (χ1v) is 36.8. The predicted molar refractivity (Wildman–Crippen MR) is 426 cm³/mol. The minimum atomic E-state index is -1.67. The number of benzene rings is 14. The summed E-state index contributed by atoms with van der Waals surface area (Å²) in [4.78, 5) is 4.08. The van der Waals surface area contributed by atoms with Gasteiger partial charge in [0.1, 0.15) is 46.3 Å². The minimum Gasteiger partial charge on any atom is -0.457 e. The lowest BCUT2D eigenvalue weighted by Gasteiger charge is -2.35. The van der Waals surface area contributed by atoms with Gasteiger partial charge in [-0.15, -0.1) is 0 Å². The number of fused-ring (bicyclic) bond motifs is 10.